The lowest BCUT2D eigenvalue weighted by Gasteiger charge is -2.10. The van der Waals surface area contributed by atoms with Crippen LogP contribution in [0.25, 0.3) is 10.1 Å². The Balaban J connectivity index is 1.72. The van der Waals surface area contributed by atoms with Gasteiger partial charge in [-0.25, -0.2) is 14.2 Å². The summed E-state index contributed by atoms with van der Waals surface area (Å²) in [6.07, 6.45) is 0. The Hall–Kier alpha value is -2.47. The van der Waals surface area contributed by atoms with E-state index in [0.717, 1.165) is 21.4 Å². The van der Waals surface area contributed by atoms with Gasteiger partial charge in [0.05, 0.1) is 5.56 Å². The fourth-order valence-electron chi connectivity index (χ4n) is 1.98. The molecule has 122 valence electrons. The summed E-state index contributed by atoms with van der Waals surface area (Å²) in [5.41, 5.74) is 0.0738. The summed E-state index contributed by atoms with van der Waals surface area (Å²) in [5, 5.41) is 0.809. The monoisotopic (exact) mass is 362 g/mol. The first-order valence-electron chi connectivity index (χ1n) is 6.79. The number of carbonyl (C=O) groups is 2. The van der Waals surface area contributed by atoms with Gasteiger partial charge < -0.3 is 9.05 Å². The largest absolute Gasteiger partial charge is 0.589 e. The zero-order chi connectivity index (χ0) is 17.2. The highest BCUT2D eigenvalue weighted by Crippen LogP contribution is 2.45. The summed E-state index contributed by atoms with van der Waals surface area (Å²) in [4.78, 5) is 33.6. The lowest BCUT2D eigenvalue weighted by molar-refractivity contribution is 0.0568. The number of hydrogen-bond acceptors (Lipinski definition) is 6. The number of carbonyl (C=O) groups excluding carboxylic acids is 2. The summed E-state index contributed by atoms with van der Waals surface area (Å²) in [6, 6.07) is 16.4. The van der Waals surface area contributed by atoms with E-state index < -0.39 is 19.8 Å². The van der Waals surface area contributed by atoms with Crippen LogP contribution in [0, 0.1) is 0 Å². The van der Waals surface area contributed by atoms with Gasteiger partial charge in [-0.1, -0.05) is 36.4 Å². The maximum absolute atomic E-state index is 12.0. The van der Waals surface area contributed by atoms with Crippen molar-refractivity contribution in [2.24, 2.45) is 0 Å². The number of thiophene rings is 1. The molecule has 8 heteroatoms. The van der Waals surface area contributed by atoms with Crippen LogP contribution in [-0.4, -0.2) is 16.8 Å². The van der Waals surface area contributed by atoms with E-state index in [0.29, 0.717) is 0 Å². The van der Waals surface area contributed by atoms with E-state index in [1.54, 1.807) is 30.3 Å². The van der Waals surface area contributed by atoms with Crippen LogP contribution in [0.5, 0.6) is 0 Å². The minimum absolute atomic E-state index is 0.0738. The zero-order valence-electron chi connectivity index (χ0n) is 12.1. The highest BCUT2D eigenvalue weighted by atomic mass is 32.1. The molecular formula is C16H11O6PS. The molecule has 1 unspecified atom stereocenters. The average molecular weight is 362 g/mol. The summed E-state index contributed by atoms with van der Waals surface area (Å²) in [5.74, 6) is -2.08. The summed E-state index contributed by atoms with van der Waals surface area (Å²) in [7, 11) is -4.87. The van der Waals surface area contributed by atoms with Crippen molar-refractivity contribution in [2.45, 2.75) is 0 Å². The van der Waals surface area contributed by atoms with E-state index in [1.807, 2.05) is 18.2 Å². The van der Waals surface area contributed by atoms with E-state index in [-0.39, 0.29) is 10.4 Å². The van der Waals surface area contributed by atoms with Gasteiger partial charge in [-0.15, -0.1) is 11.3 Å². The third-order valence-electron chi connectivity index (χ3n) is 3.03. The molecule has 6 nitrogen and oxygen atoms in total. The van der Waals surface area contributed by atoms with Crippen molar-refractivity contribution in [2.75, 3.05) is 0 Å². The van der Waals surface area contributed by atoms with Crippen molar-refractivity contribution < 1.29 is 28.1 Å². The van der Waals surface area contributed by atoms with Crippen LogP contribution in [-0.2, 0) is 13.6 Å². The second kappa shape index (κ2) is 6.57. The molecule has 1 N–H and O–H groups in total. The van der Waals surface area contributed by atoms with Crippen molar-refractivity contribution in [1.29, 1.82) is 0 Å². The number of benzene rings is 2. The van der Waals surface area contributed by atoms with E-state index >= 15 is 0 Å². The minimum atomic E-state index is -4.87. The van der Waals surface area contributed by atoms with Gasteiger partial charge in [0.2, 0.25) is 0 Å². The van der Waals surface area contributed by atoms with Crippen LogP contribution in [0.15, 0.2) is 60.7 Å². The first-order valence-corrected chi connectivity index (χ1v) is 9.10. The number of phosphoric acid groups is 1. The Bertz CT molecular complexity index is 916. The molecule has 3 aromatic rings. The van der Waals surface area contributed by atoms with E-state index in [9.17, 15) is 19.0 Å². The topological polar surface area (TPSA) is 89.9 Å². The van der Waals surface area contributed by atoms with Crippen LogP contribution in [0.4, 0.5) is 0 Å². The van der Waals surface area contributed by atoms with Crippen molar-refractivity contribution in [3.63, 3.8) is 0 Å². The third kappa shape index (κ3) is 3.71. The van der Waals surface area contributed by atoms with Gasteiger partial charge >= 0.3 is 19.8 Å². The molecule has 2 aromatic carbocycles. The van der Waals surface area contributed by atoms with Gasteiger partial charge in [0.1, 0.15) is 4.88 Å². The first kappa shape index (κ1) is 16.4. The molecule has 24 heavy (non-hydrogen) atoms. The summed E-state index contributed by atoms with van der Waals surface area (Å²) < 4.78 is 21.6. The van der Waals surface area contributed by atoms with Crippen LogP contribution in [0.1, 0.15) is 20.0 Å². The van der Waals surface area contributed by atoms with Crippen molar-refractivity contribution in [3.8, 4) is 0 Å². The molecule has 0 bridgehead atoms. The Morgan fingerprint density at radius 3 is 2.25 bits per heavy atom. The normalized spacial score (nSPS) is 13.2. The zero-order valence-corrected chi connectivity index (χ0v) is 13.8. The van der Waals surface area contributed by atoms with Gasteiger partial charge in [0, 0.05) is 4.70 Å². The van der Waals surface area contributed by atoms with E-state index in [2.05, 4.69) is 9.05 Å². The quantitative estimate of drug-likeness (QED) is 0.705. The van der Waals surface area contributed by atoms with Gasteiger partial charge in [-0.3, -0.25) is 4.89 Å². The molecule has 0 radical (unpaired) electrons. The smallest absolute Gasteiger partial charge is 0.357 e. The highest BCUT2D eigenvalue weighted by molar-refractivity contribution is 7.48. The van der Waals surface area contributed by atoms with Gasteiger partial charge in [-0.05, 0) is 29.7 Å². The molecule has 0 aliphatic rings. The number of fused-ring (bicyclic) bond motifs is 1. The number of rotatable bonds is 4. The fourth-order valence-corrected chi connectivity index (χ4v) is 3.64. The molecule has 0 aliphatic heterocycles. The maximum atomic E-state index is 12.0. The Morgan fingerprint density at radius 2 is 1.54 bits per heavy atom. The fraction of sp³-hybridized carbons (Fsp3) is 0. The Labute approximate surface area is 140 Å². The lowest BCUT2D eigenvalue weighted by Crippen LogP contribution is -2.08. The maximum Gasteiger partial charge on any atom is 0.589 e. The highest BCUT2D eigenvalue weighted by Gasteiger charge is 2.32. The second-order valence-corrected chi connectivity index (χ2v) is 7.13. The third-order valence-corrected chi connectivity index (χ3v) is 4.92. The van der Waals surface area contributed by atoms with Crippen LogP contribution in [0.3, 0.4) is 0 Å². The molecular weight excluding hydrogens is 351 g/mol. The average Bonchev–Trinajstić information content (AvgIpc) is 2.99. The van der Waals surface area contributed by atoms with E-state index in [4.69, 9.17) is 0 Å². The molecule has 3 rings (SSSR count). The molecule has 0 fully saturated rings. The molecule has 1 heterocycles. The van der Waals surface area contributed by atoms with Crippen molar-refractivity contribution >= 4 is 41.2 Å². The van der Waals surface area contributed by atoms with Crippen LogP contribution in [0.2, 0.25) is 0 Å². The molecule has 0 saturated heterocycles. The van der Waals surface area contributed by atoms with Crippen LogP contribution >= 0.6 is 19.2 Å². The Kier molecular flexibility index (Phi) is 4.49. The predicted octanol–water partition coefficient (Wildman–Crippen LogP) is 4.02. The minimum Gasteiger partial charge on any atom is -0.357 e. The summed E-state index contributed by atoms with van der Waals surface area (Å²) >= 11 is 1.11. The molecule has 0 saturated carbocycles. The van der Waals surface area contributed by atoms with Gasteiger partial charge in [0.25, 0.3) is 0 Å². The SMILES string of the molecule is O=C(OP(=O)(O)OC(=O)c1cc2ccccc2s1)c1ccccc1. The van der Waals surface area contributed by atoms with Crippen LogP contribution < -0.4 is 0 Å². The lowest BCUT2D eigenvalue weighted by atomic mass is 10.2. The molecule has 1 atom stereocenters. The molecule has 0 spiro atoms. The van der Waals surface area contributed by atoms with Crippen molar-refractivity contribution in [1.82, 2.24) is 0 Å². The molecule has 1 aromatic heterocycles. The second-order valence-electron chi connectivity index (χ2n) is 4.74. The molecule has 0 aliphatic carbocycles. The number of phosphoric ester groups is 1. The van der Waals surface area contributed by atoms with E-state index in [1.165, 1.54) is 12.1 Å². The molecule has 0 amide bonds. The number of hydrogen-bond donors (Lipinski definition) is 1. The standard InChI is InChI=1S/C16H11O6PS/c17-15(11-6-2-1-3-7-11)21-23(19,20)22-16(18)14-10-12-8-4-5-9-13(12)24-14/h1-10H,(H,19,20). The summed E-state index contributed by atoms with van der Waals surface area (Å²) in [6.45, 7) is 0. The predicted molar refractivity (Wildman–Crippen MR) is 88.9 cm³/mol. The van der Waals surface area contributed by atoms with Gasteiger partial charge in [-0.2, -0.15) is 0 Å². The van der Waals surface area contributed by atoms with Crippen molar-refractivity contribution in [3.05, 3.63) is 71.1 Å². The first-order chi connectivity index (χ1) is 11.4. The van der Waals surface area contributed by atoms with Gasteiger partial charge in [0.15, 0.2) is 0 Å². The Morgan fingerprint density at radius 1 is 0.917 bits per heavy atom.